The molecule has 0 heterocycles. The second-order valence-corrected chi connectivity index (χ2v) is 9.53. The number of carbonyl (C=O) groups is 1. The minimum atomic E-state index is -3.93. The molecule has 150 valence electrons. The Morgan fingerprint density at radius 2 is 1.48 bits per heavy atom. The number of rotatable bonds is 8. The summed E-state index contributed by atoms with van der Waals surface area (Å²) in [6, 6.07) is 23.9. The van der Waals surface area contributed by atoms with Gasteiger partial charge in [0.15, 0.2) is 0 Å². The van der Waals surface area contributed by atoms with Gasteiger partial charge in [-0.05, 0) is 35.9 Å². The summed E-state index contributed by atoms with van der Waals surface area (Å²) < 4.78 is 26.7. The van der Waals surface area contributed by atoms with E-state index in [2.05, 4.69) is 0 Å². The summed E-state index contributed by atoms with van der Waals surface area (Å²) in [5.74, 6) is -1.19. The molecule has 0 saturated carbocycles. The smallest absolute Gasteiger partial charge is 0.322 e. The van der Waals surface area contributed by atoms with E-state index in [0.717, 1.165) is 19.7 Å². The molecule has 5 nitrogen and oxygen atoms in total. The Balaban J connectivity index is 1.89. The molecule has 3 aromatic rings. The van der Waals surface area contributed by atoms with Gasteiger partial charge in [-0.2, -0.15) is 4.31 Å². The van der Waals surface area contributed by atoms with E-state index >= 15 is 0 Å². The third-order valence-electron chi connectivity index (χ3n) is 4.50. The maximum Gasteiger partial charge on any atom is 0.322 e. The van der Waals surface area contributed by atoms with Crippen LogP contribution in [0, 0.1) is 0 Å². The van der Waals surface area contributed by atoms with Gasteiger partial charge in [-0.25, -0.2) is 8.42 Å². The molecule has 1 N–H and O–H groups in total. The zero-order chi connectivity index (χ0) is 20.9. The quantitative estimate of drug-likeness (QED) is 0.584. The van der Waals surface area contributed by atoms with Crippen molar-refractivity contribution in [2.24, 2.45) is 0 Å². The molecule has 0 aliphatic heterocycles. The van der Waals surface area contributed by atoms with E-state index < -0.39 is 22.0 Å². The number of carboxylic acids is 1. The fourth-order valence-corrected chi connectivity index (χ4v) is 5.20. The van der Waals surface area contributed by atoms with Crippen molar-refractivity contribution in [2.45, 2.75) is 27.1 Å². The van der Waals surface area contributed by atoms with Crippen molar-refractivity contribution in [3.63, 3.8) is 0 Å². The largest absolute Gasteiger partial charge is 0.480 e. The third kappa shape index (κ3) is 5.06. The molecule has 1 unspecified atom stereocenters. The molecule has 0 amide bonds. The summed E-state index contributed by atoms with van der Waals surface area (Å²) in [7, 11) is -2.62. The van der Waals surface area contributed by atoms with Crippen molar-refractivity contribution in [3.8, 4) is 0 Å². The van der Waals surface area contributed by atoms with Crippen LogP contribution in [0.15, 0.2) is 99.6 Å². The molecular formula is C22H21NO4S2. The van der Waals surface area contributed by atoms with Crippen LogP contribution in [0.2, 0.25) is 0 Å². The number of aliphatic carboxylic acids is 1. The molecule has 0 bridgehead atoms. The maximum absolute atomic E-state index is 12.9. The molecule has 0 aliphatic rings. The van der Waals surface area contributed by atoms with Crippen LogP contribution in [-0.4, -0.2) is 36.9 Å². The summed E-state index contributed by atoms with van der Waals surface area (Å²) >= 11 is 1.52. The van der Waals surface area contributed by atoms with Crippen molar-refractivity contribution < 1.29 is 18.3 Å². The third-order valence-corrected chi connectivity index (χ3v) is 7.51. The van der Waals surface area contributed by atoms with Crippen molar-refractivity contribution in [3.05, 3.63) is 90.5 Å². The Morgan fingerprint density at radius 1 is 0.931 bits per heavy atom. The number of hydrogen-bond acceptors (Lipinski definition) is 4. The van der Waals surface area contributed by atoms with E-state index in [9.17, 15) is 18.3 Å². The Morgan fingerprint density at radius 3 is 2.10 bits per heavy atom. The first-order valence-electron chi connectivity index (χ1n) is 8.96. The Kier molecular flexibility index (Phi) is 6.74. The van der Waals surface area contributed by atoms with Gasteiger partial charge in [-0.1, -0.05) is 66.4 Å². The second kappa shape index (κ2) is 9.26. The van der Waals surface area contributed by atoms with Crippen LogP contribution in [-0.2, 0) is 21.2 Å². The van der Waals surface area contributed by atoms with E-state index in [1.807, 2.05) is 54.6 Å². The predicted octanol–water partition coefficient (Wildman–Crippen LogP) is 4.15. The van der Waals surface area contributed by atoms with Gasteiger partial charge in [-0.15, -0.1) is 0 Å². The number of benzene rings is 3. The first kappa shape index (κ1) is 21.1. The van der Waals surface area contributed by atoms with Gasteiger partial charge in [0.2, 0.25) is 10.0 Å². The lowest BCUT2D eigenvalue weighted by Gasteiger charge is -2.25. The van der Waals surface area contributed by atoms with Crippen molar-refractivity contribution in [1.29, 1.82) is 0 Å². The Bertz CT molecular complexity index is 1070. The molecule has 0 spiro atoms. The fourth-order valence-electron chi connectivity index (χ4n) is 2.89. The van der Waals surface area contributed by atoms with Gasteiger partial charge in [0.25, 0.3) is 0 Å². The zero-order valence-corrected chi connectivity index (χ0v) is 17.4. The Hall–Kier alpha value is -2.61. The molecular weight excluding hydrogens is 406 g/mol. The van der Waals surface area contributed by atoms with Crippen LogP contribution >= 0.6 is 11.8 Å². The van der Waals surface area contributed by atoms with Crippen LogP contribution < -0.4 is 0 Å². The summed E-state index contributed by atoms with van der Waals surface area (Å²) in [4.78, 5) is 14.0. The molecule has 1 atom stereocenters. The van der Waals surface area contributed by atoms with Crippen LogP contribution in [0.25, 0.3) is 0 Å². The van der Waals surface area contributed by atoms with Gasteiger partial charge in [-0.3, -0.25) is 4.79 Å². The molecule has 0 radical (unpaired) electrons. The van der Waals surface area contributed by atoms with Crippen molar-refractivity contribution in [2.75, 3.05) is 7.05 Å². The summed E-state index contributed by atoms with van der Waals surface area (Å²) in [5, 5.41) is 9.78. The van der Waals surface area contributed by atoms with Crippen molar-refractivity contribution in [1.82, 2.24) is 4.31 Å². The van der Waals surface area contributed by atoms with Gasteiger partial charge >= 0.3 is 5.97 Å². The zero-order valence-electron chi connectivity index (χ0n) is 15.8. The molecule has 3 aromatic carbocycles. The monoisotopic (exact) mass is 427 g/mol. The summed E-state index contributed by atoms with van der Waals surface area (Å²) in [6.45, 7) is 0. The van der Waals surface area contributed by atoms with E-state index in [-0.39, 0.29) is 11.3 Å². The summed E-state index contributed by atoms with van der Waals surface area (Å²) in [6.07, 6.45) is 0.0634. The van der Waals surface area contributed by atoms with Crippen LogP contribution in [0.5, 0.6) is 0 Å². The van der Waals surface area contributed by atoms with Gasteiger partial charge in [0.1, 0.15) is 6.04 Å². The lowest BCUT2D eigenvalue weighted by atomic mass is 10.1. The minimum absolute atomic E-state index is 0.0634. The molecule has 0 aromatic heterocycles. The number of likely N-dealkylation sites (N-methyl/N-ethyl adjacent to an activating group) is 1. The standard InChI is InChI=1S/C22H21NO4S2/c1-23(29(26,27)19-13-6-3-7-14-19)20(22(24)25)16-17-10-8-9-15-21(17)28-18-11-4-2-5-12-18/h2-15,20H,16H2,1H3,(H,24,25). The van der Waals surface area contributed by atoms with Gasteiger partial charge in [0, 0.05) is 23.3 Å². The number of carboxylic acid groups (broad SMARTS) is 1. The first-order valence-corrected chi connectivity index (χ1v) is 11.2. The average molecular weight is 428 g/mol. The SMILES string of the molecule is CN(C(Cc1ccccc1Sc1ccccc1)C(=O)O)S(=O)(=O)c1ccccc1. The summed E-state index contributed by atoms with van der Waals surface area (Å²) in [5.41, 5.74) is 0.781. The van der Waals surface area contributed by atoms with E-state index in [4.69, 9.17) is 0 Å². The molecule has 0 saturated heterocycles. The normalized spacial score (nSPS) is 12.6. The van der Waals surface area contributed by atoms with Gasteiger partial charge < -0.3 is 5.11 Å². The highest BCUT2D eigenvalue weighted by atomic mass is 32.2. The van der Waals surface area contributed by atoms with E-state index in [0.29, 0.717) is 0 Å². The van der Waals surface area contributed by atoms with E-state index in [1.54, 1.807) is 18.2 Å². The molecule has 0 fully saturated rings. The molecule has 7 heteroatoms. The first-order chi connectivity index (χ1) is 13.9. The lowest BCUT2D eigenvalue weighted by molar-refractivity contribution is -0.141. The van der Waals surface area contributed by atoms with E-state index in [1.165, 1.54) is 30.9 Å². The topological polar surface area (TPSA) is 74.7 Å². The van der Waals surface area contributed by atoms with Gasteiger partial charge in [0.05, 0.1) is 4.90 Å². The van der Waals surface area contributed by atoms with Crippen LogP contribution in [0.1, 0.15) is 5.56 Å². The fraction of sp³-hybridized carbons (Fsp3) is 0.136. The van der Waals surface area contributed by atoms with Crippen LogP contribution in [0.4, 0.5) is 0 Å². The van der Waals surface area contributed by atoms with Crippen molar-refractivity contribution >= 4 is 27.8 Å². The number of nitrogens with zero attached hydrogens (tertiary/aromatic N) is 1. The highest BCUT2D eigenvalue weighted by molar-refractivity contribution is 7.99. The number of sulfonamides is 1. The molecule has 29 heavy (non-hydrogen) atoms. The Labute approximate surface area is 175 Å². The highest BCUT2D eigenvalue weighted by Crippen LogP contribution is 2.31. The second-order valence-electron chi connectivity index (χ2n) is 6.42. The minimum Gasteiger partial charge on any atom is -0.480 e. The predicted molar refractivity (Wildman–Crippen MR) is 114 cm³/mol. The average Bonchev–Trinajstić information content (AvgIpc) is 2.73. The molecule has 3 rings (SSSR count). The van der Waals surface area contributed by atoms with Crippen LogP contribution in [0.3, 0.4) is 0 Å². The number of hydrogen-bond donors (Lipinski definition) is 1. The highest BCUT2D eigenvalue weighted by Gasteiger charge is 2.33. The maximum atomic E-state index is 12.9. The lowest BCUT2D eigenvalue weighted by Crippen LogP contribution is -2.43. The molecule has 0 aliphatic carbocycles.